The molecule has 0 aromatic carbocycles. The zero-order chi connectivity index (χ0) is 13.9. The van der Waals surface area contributed by atoms with Crippen LogP contribution in [0.15, 0.2) is 4.52 Å². The summed E-state index contributed by atoms with van der Waals surface area (Å²) in [7, 11) is 0. The summed E-state index contributed by atoms with van der Waals surface area (Å²) in [5.74, 6) is 2.25. The van der Waals surface area contributed by atoms with E-state index in [1.165, 1.54) is 19.3 Å². The van der Waals surface area contributed by atoms with Crippen molar-refractivity contribution in [2.45, 2.75) is 71.8 Å². The molecule has 1 fully saturated rings. The first-order chi connectivity index (χ1) is 9.00. The molecule has 108 valence electrons. The van der Waals surface area contributed by atoms with Gasteiger partial charge in [-0.1, -0.05) is 39.3 Å². The second kappa shape index (κ2) is 6.04. The second-order valence-electron chi connectivity index (χ2n) is 6.75. The fourth-order valence-electron chi connectivity index (χ4n) is 2.36. The van der Waals surface area contributed by atoms with Crippen LogP contribution in [-0.4, -0.2) is 22.7 Å². The first-order valence-electron chi connectivity index (χ1n) is 7.56. The summed E-state index contributed by atoms with van der Waals surface area (Å²) in [5.41, 5.74) is 0.195. The molecule has 1 saturated carbocycles. The van der Waals surface area contributed by atoms with Gasteiger partial charge in [-0.25, -0.2) is 0 Å². The van der Waals surface area contributed by atoms with E-state index in [4.69, 9.17) is 4.52 Å². The Morgan fingerprint density at radius 1 is 1.37 bits per heavy atom. The minimum absolute atomic E-state index is 0.195. The van der Waals surface area contributed by atoms with Gasteiger partial charge in [0.25, 0.3) is 0 Å². The van der Waals surface area contributed by atoms with E-state index in [1.54, 1.807) is 0 Å². The Bertz CT molecular complexity index is 390. The third-order valence-electron chi connectivity index (χ3n) is 4.02. The summed E-state index contributed by atoms with van der Waals surface area (Å²) in [5, 5.41) is 7.74. The van der Waals surface area contributed by atoms with Gasteiger partial charge in [0.1, 0.15) is 0 Å². The third-order valence-corrected chi connectivity index (χ3v) is 4.02. The monoisotopic (exact) mass is 265 g/mol. The Balaban J connectivity index is 1.97. The number of hydrogen-bond donors (Lipinski definition) is 1. The maximum absolute atomic E-state index is 5.43. The van der Waals surface area contributed by atoms with Crippen LogP contribution < -0.4 is 5.32 Å². The highest BCUT2D eigenvalue weighted by Gasteiger charge is 2.28. The molecule has 0 bridgehead atoms. The number of nitrogens with one attached hydrogen (secondary N) is 1. The van der Waals surface area contributed by atoms with Crippen LogP contribution in [0.25, 0.3) is 0 Å². The topological polar surface area (TPSA) is 51.0 Å². The van der Waals surface area contributed by atoms with Crippen molar-refractivity contribution >= 4 is 0 Å². The summed E-state index contributed by atoms with van der Waals surface area (Å²) in [4.78, 5) is 4.58. The summed E-state index contributed by atoms with van der Waals surface area (Å²) in [6.07, 6.45) is 5.70. The molecular weight excluding hydrogens is 238 g/mol. The predicted molar refractivity (Wildman–Crippen MR) is 76.1 cm³/mol. The molecule has 0 aliphatic heterocycles. The third kappa shape index (κ3) is 3.78. The van der Waals surface area contributed by atoms with E-state index in [1.807, 2.05) is 0 Å². The lowest BCUT2D eigenvalue weighted by atomic mass is 9.84. The molecule has 0 radical (unpaired) electrons. The van der Waals surface area contributed by atoms with Crippen LogP contribution in [0, 0.1) is 5.41 Å². The molecule has 1 N–H and O–H groups in total. The van der Waals surface area contributed by atoms with E-state index in [-0.39, 0.29) is 5.41 Å². The van der Waals surface area contributed by atoms with Crippen LogP contribution in [-0.2, 0) is 6.42 Å². The molecule has 1 aromatic heterocycles. The molecule has 4 nitrogen and oxygen atoms in total. The minimum Gasteiger partial charge on any atom is -0.339 e. The largest absolute Gasteiger partial charge is 0.339 e. The summed E-state index contributed by atoms with van der Waals surface area (Å²) in [6.45, 7) is 9.98. The number of hydrogen-bond acceptors (Lipinski definition) is 4. The van der Waals surface area contributed by atoms with E-state index in [0.29, 0.717) is 12.0 Å². The first-order valence-corrected chi connectivity index (χ1v) is 7.56. The molecule has 2 rings (SSSR count). The molecule has 0 saturated heterocycles. The van der Waals surface area contributed by atoms with Crippen molar-refractivity contribution in [3.8, 4) is 0 Å². The van der Waals surface area contributed by atoms with Gasteiger partial charge < -0.3 is 9.84 Å². The quantitative estimate of drug-likeness (QED) is 0.857. The molecule has 4 heteroatoms. The zero-order valence-corrected chi connectivity index (χ0v) is 12.7. The van der Waals surface area contributed by atoms with Gasteiger partial charge in [-0.05, 0) is 31.2 Å². The van der Waals surface area contributed by atoms with Crippen molar-refractivity contribution in [2.75, 3.05) is 6.54 Å². The lowest BCUT2D eigenvalue weighted by Crippen LogP contribution is -2.42. The standard InChI is InChI=1S/C15H27N3O/c1-5-9-16-12(15(2,3)4)10-13-17-14(18-19-13)11-7-6-8-11/h11-12,16H,5-10H2,1-4H3. The van der Waals surface area contributed by atoms with Crippen molar-refractivity contribution < 1.29 is 4.52 Å². The first kappa shape index (κ1) is 14.5. The zero-order valence-electron chi connectivity index (χ0n) is 12.7. The average Bonchev–Trinajstić information content (AvgIpc) is 2.68. The molecule has 0 amide bonds. The number of nitrogens with zero attached hydrogens (tertiary/aromatic N) is 2. The molecule has 1 aliphatic rings. The molecule has 0 spiro atoms. The maximum atomic E-state index is 5.43. The van der Waals surface area contributed by atoms with Gasteiger partial charge in [0.15, 0.2) is 5.82 Å². The van der Waals surface area contributed by atoms with E-state index in [0.717, 1.165) is 31.1 Å². The van der Waals surface area contributed by atoms with Gasteiger partial charge in [0.05, 0.1) is 0 Å². The van der Waals surface area contributed by atoms with Crippen LogP contribution >= 0.6 is 0 Å². The molecule has 1 atom stereocenters. The fraction of sp³-hybridized carbons (Fsp3) is 0.867. The van der Waals surface area contributed by atoms with Crippen LogP contribution in [0.2, 0.25) is 0 Å². The Morgan fingerprint density at radius 2 is 2.11 bits per heavy atom. The summed E-state index contributed by atoms with van der Waals surface area (Å²) < 4.78 is 5.43. The van der Waals surface area contributed by atoms with Crippen molar-refractivity contribution in [3.63, 3.8) is 0 Å². The van der Waals surface area contributed by atoms with E-state index < -0.39 is 0 Å². The van der Waals surface area contributed by atoms with Crippen molar-refractivity contribution in [2.24, 2.45) is 5.41 Å². The van der Waals surface area contributed by atoms with Gasteiger partial charge in [-0.2, -0.15) is 4.98 Å². The highest BCUT2D eigenvalue weighted by molar-refractivity contribution is 5.01. The fourth-order valence-corrected chi connectivity index (χ4v) is 2.36. The van der Waals surface area contributed by atoms with E-state index in [9.17, 15) is 0 Å². The SMILES string of the molecule is CCCNC(Cc1nc(C2CCC2)no1)C(C)(C)C. The normalized spacial score (nSPS) is 18.3. The minimum atomic E-state index is 0.195. The smallest absolute Gasteiger partial charge is 0.228 e. The van der Waals surface area contributed by atoms with Crippen LogP contribution in [0.3, 0.4) is 0 Å². The maximum Gasteiger partial charge on any atom is 0.228 e. The molecule has 1 heterocycles. The van der Waals surface area contributed by atoms with E-state index in [2.05, 4.69) is 43.2 Å². The van der Waals surface area contributed by atoms with Gasteiger partial charge in [-0.3, -0.25) is 0 Å². The van der Waals surface area contributed by atoms with E-state index >= 15 is 0 Å². The molecule has 1 unspecified atom stereocenters. The summed E-state index contributed by atoms with van der Waals surface area (Å²) >= 11 is 0. The van der Waals surface area contributed by atoms with Crippen molar-refractivity contribution in [3.05, 3.63) is 11.7 Å². The average molecular weight is 265 g/mol. The molecule has 1 aliphatic carbocycles. The van der Waals surface area contributed by atoms with Crippen LogP contribution in [0.1, 0.15) is 71.0 Å². The Morgan fingerprint density at radius 3 is 2.63 bits per heavy atom. The Labute approximate surface area is 116 Å². The second-order valence-corrected chi connectivity index (χ2v) is 6.75. The van der Waals surface area contributed by atoms with Crippen LogP contribution in [0.5, 0.6) is 0 Å². The lowest BCUT2D eigenvalue weighted by Gasteiger charge is -2.30. The highest BCUT2D eigenvalue weighted by Crippen LogP contribution is 2.34. The molecule has 19 heavy (non-hydrogen) atoms. The van der Waals surface area contributed by atoms with Crippen molar-refractivity contribution in [1.82, 2.24) is 15.5 Å². The van der Waals surface area contributed by atoms with Gasteiger partial charge in [-0.15, -0.1) is 0 Å². The number of aromatic nitrogens is 2. The predicted octanol–water partition coefficient (Wildman–Crippen LogP) is 3.29. The van der Waals surface area contributed by atoms with Gasteiger partial charge in [0.2, 0.25) is 5.89 Å². The Hall–Kier alpha value is -0.900. The Kier molecular flexibility index (Phi) is 4.61. The molecule has 1 aromatic rings. The van der Waals surface area contributed by atoms with Gasteiger partial charge in [0, 0.05) is 18.4 Å². The highest BCUT2D eigenvalue weighted by atomic mass is 16.5. The molecular formula is C15H27N3O. The van der Waals surface area contributed by atoms with Gasteiger partial charge >= 0.3 is 0 Å². The summed E-state index contributed by atoms with van der Waals surface area (Å²) in [6, 6.07) is 0.377. The lowest BCUT2D eigenvalue weighted by molar-refractivity contribution is 0.244. The number of rotatable bonds is 6. The van der Waals surface area contributed by atoms with Crippen LogP contribution in [0.4, 0.5) is 0 Å². The van der Waals surface area contributed by atoms with Crippen molar-refractivity contribution in [1.29, 1.82) is 0 Å².